The van der Waals surface area contributed by atoms with Crippen LogP contribution >= 0.6 is 0 Å². The van der Waals surface area contributed by atoms with Gasteiger partial charge in [-0.2, -0.15) is 0 Å². The predicted octanol–water partition coefficient (Wildman–Crippen LogP) is 3.49. The monoisotopic (exact) mass is 351 g/mol. The molecule has 1 amide bonds. The van der Waals surface area contributed by atoms with Crippen LogP contribution in [-0.4, -0.2) is 28.6 Å². The van der Waals surface area contributed by atoms with Gasteiger partial charge in [-0.1, -0.05) is 24.3 Å². The molecule has 5 nitrogen and oxygen atoms in total. The molecule has 0 radical (unpaired) electrons. The highest BCUT2D eigenvalue weighted by atomic mass is 16.5. The van der Waals surface area contributed by atoms with Crippen molar-refractivity contribution in [3.05, 3.63) is 59.9 Å². The SMILES string of the molecule is CC(=O)NCCc1nc2ccccc2n1CCCOc1cccc(C)c1. The van der Waals surface area contributed by atoms with E-state index in [2.05, 4.69) is 28.9 Å². The first-order valence-electron chi connectivity index (χ1n) is 9.01. The average Bonchev–Trinajstić information content (AvgIpc) is 2.96. The average molecular weight is 351 g/mol. The number of fused-ring (bicyclic) bond motifs is 1. The van der Waals surface area contributed by atoms with Crippen LogP contribution in [0.2, 0.25) is 0 Å². The molecule has 0 bridgehead atoms. The van der Waals surface area contributed by atoms with Crippen molar-refractivity contribution < 1.29 is 9.53 Å². The number of nitrogens with zero attached hydrogens (tertiary/aromatic N) is 2. The lowest BCUT2D eigenvalue weighted by Gasteiger charge is -2.11. The first kappa shape index (κ1) is 18.0. The molecule has 1 heterocycles. The lowest BCUT2D eigenvalue weighted by Crippen LogP contribution is -2.23. The van der Waals surface area contributed by atoms with Crippen LogP contribution < -0.4 is 10.1 Å². The van der Waals surface area contributed by atoms with E-state index in [-0.39, 0.29) is 5.91 Å². The summed E-state index contributed by atoms with van der Waals surface area (Å²) in [5.74, 6) is 1.89. The molecule has 5 heteroatoms. The maximum absolute atomic E-state index is 11.1. The Morgan fingerprint density at radius 3 is 2.85 bits per heavy atom. The van der Waals surface area contributed by atoms with Crippen molar-refractivity contribution in [2.75, 3.05) is 13.2 Å². The van der Waals surface area contributed by atoms with Gasteiger partial charge in [0, 0.05) is 26.4 Å². The van der Waals surface area contributed by atoms with E-state index in [4.69, 9.17) is 9.72 Å². The van der Waals surface area contributed by atoms with Crippen LogP contribution in [0.1, 0.15) is 24.7 Å². The minimum absolute atomic E-state index is 0.0146. The second-order valence-corrected chi connectivity index (χ2v) is 6.42. The number of carbonyl (C=O) groups is 1. The normalized spacial score (nSPS) is 10.8. The van der Waals surface area contributed by atoms with Gasteiger partial charge >= 0.3 is 0 Å². The van der Waals surface area contributed by atoms with Gasteiger partial charge in [0.15, 0.2) is 0 Å². The molecule has 0 spiro atoms. The Morgan fingerprint density at radius 1 is 1.19 bits per heavy atom. The Morgan fingerprint density at radius 2 is 2.04 bits per heavy atom. The Balaban J connectivity index is 1.64. The Hall–Kier alpha value is -2.82. The van der Waals surface area contributed by atoms with Crippen LogP contribution in [0.4, 0.5) is 0 Å². The van der Waals surface area contributed by atoms with Crippen molar-refractivity contribution in [2.45, 2.75) is 33.2 Å². The van der Waals surface area contributed by atoms with Crippen LogP contribution in [-0.2, 0) is 17.8 Å². The van der Waals surface area contributed by atoms with Gasteiger partial charge in [-0.25, -0.2) is 4.98 Å². The van der Waals surface area contributed by atoms with Crippen molar-refractivity contribution in [1.29, 1.82) is 0 Å². The summed E-state index contributed by atoms with van der Waals surface area (Å²) in [7, 11) is 0. The van der Waals surface area contributed by atoms with Gasteiger partial charge < -0.3 is 14.6 Å². The summed E-state index contributed by atoms with van der Waals surface area (Å²) >= 11 is 0. The molecule has 0 aliphatic heterocycles. The van der Waals surface area contributed by atoms with Gasteiger partial charge in [0.05, 0.1) is 17.6 Å². The number of imidazole rings is 1. The molecule has 0 saturated heterocycles. The Bertz CT molecular complexity index is 886. The van der Waals surface area contributed by atoms with E-state index in [1.165, 1.54) is 12.5 Å². The minimum atomic E-state index is -0.0146. The van der Waals surface area contributed by atoms with Crippen LogP contribution in [0.15, 0.2) is 48.5 Å². The molecule has 2 aromatic carbocycles. The summed E-state index contributed by atoms with van der Waals surface area (Å²) in [6, 6.07) is 16.2. The van der Waals surface area contributed by atoms with Crippen molar-refractivity contribution in [2.24, 2.45) is 0 Å². The van der Waals surface area contributed by atoms with Gasteiger partial charge in [-0.15, -0.1) is 0 Å². The van der Waals surface area contributed by atoms with E-state index in [1.807, 2.05) is 36.4 Å². The number of benzene rings is 2. The van der Waals surface area contributed by atoms with Crippen LogP contribution in [0, 0.1) is 6.92 Å². The van der Waals surface area contributed by atoms with Crippen LogP contribution in [0.25, 0.3) is 11.0 Å². The molecule has 0 fully saturated rings. The fraction of sp³-hybridized carbons (Fsp3) is 0.333. The van der Waals surface area contributed by atoms with Crippen LogP contribution in [0.5, 0.6) is 5.75 Å². The molecule has 0 aliphatic carbocycles. The van der Waals surface area contributed by atoms with E-state index in [9.17, 15) is 4.79 Å². The highest BCUT2D eigenvalue weighted by molar-refractivity contribution is 5.76. The van der Waals surface area contributed by atoms with Gasteiger partial charge in [0.25, 0.3) is 0 Å². The smallest absolute Gasteiger partial charge is 0.216 e. The summed E-state index contributed by atoms with van der Waals surface area (Å²) in [4.78, 5) is 15.8. The largest absolute Gasteiger partial charge is 0.494 e. The maximum Gasteiger partial charge on any atom is 0.216 e. The molecule has 0 atom stereocenters. The summed E-state index contributed by atoms with van der Waals surface area (Å²) < 4.78 is 8.09. The zero-order valence-corrected chi connectivity index (χ0v) is 15.4. The lowest BCUT2D eigenvalue weighted by atomic mass is 10.2. The number of nitrogens with one attached hydrogen (secondary N) is 1. The van der Waals surface area contributed by atoms with Gasteiger partial charge in [0.1, 0.15) is 11.6 Å². The van der Waals surface area contributed by atoms with E-state index in [0.717, 1.165) is 35.6 Å². The Labute approximate surface area is 154 Å². The maximum atomic E-state index is 11.1. The molecule has 1 N–H and O–H groups in total. The highest BCUT2D eigenvalue weighted by Gasteiger charge is 2.10. The topological polar surface area (TPSA) is 56.2 Å². The number of amides is 1. The number of carbonyl (C=O) groups excluding carboxylic acids is 1. The Kier molecular flexibility index (Phi) is 5.89. The second-order valence-electron chi connectivity index (χ2n) is 6.42. The molecular weight excluding hydrogens is 326 g/mol. The zero-order chi connectivity index (χ0) is 18.4. The first-order chi connectivity index (χ1) is 12.6. The number of rotatable bonds is 8. The fourth-order valence-corrected chi connectivity index (χ4v) is 3.03. The minimum Gasteiger partial charge on any atom is -0.494 e. The van der Waals surface area contributed by atoms with Crippen LogP contribution in [0.3, 0.4) is 0 Å². The summed E-state index contributed by atoms with van der Waals surface area (Å²) in [5, 5.41) is 2.84. The highest BCUT2D eigenvalue weighted by Crippen LogP contribution is 2.17. The number of ether oxygens (including phenoxy) is 1. The summed E-state index contributed by atoms with van der Waals surface area (Å²) in [5.41, 5.74) is 3.31. The third-order valence-corrected chi connectivity index (χ3v) is 4.24. The summed E-state index contributed by atoms with van der Waals surface area (Å²) in [6.45, 7) is 5.68. The van der Waals surface area contributed by atoms with Gasteiger partial charge in [-0.05, 0) is 43.2 Å². The van der Waals surface area contributed by atoms with Crippen molar-refractivity contribution >= 4 is 16.9 Å². The third kappa shape index (κ3) is 4.63. The number of hydrogen-bond donors (Lipinski definition) is 1. The number of aromatic nitrogens is 2. The molecule has 0 unspecified atom stereocenters. The van der Waals surface area contributed by atoms with Crippen molar-refractivity contribution in [3.8, 4) is 5.75 Å². The fourth-order valence-electron chi connectivity index (χ4n) is 3.03. The van der Waals surface area contributed by atoms with E-state index >= 15 is 0 Å². The van der Waals surface area contributed by atoms with E-state index in [1.54, 1.807) is 0 Å². The molecule has 26 heavy (non-hydrogen) atoms. The number of para-hydroxylation sites is 2. The third-order valence-electron chi connectivity index (χ3n) is 4.24. The zero-order valence-electron chi connectivity index (χ0n) is 15.4. The molecule has 0 saturated carbocycles. The van der Waals surface area contributed by atoms with E-state index in [0.29, 0.717) is 19.6 Å². The molecule has 3 rings (SSSR count). The molecule has 0 aliphatic rings. The van der Waals surface area contributed by atoms with Gasteiger partial charge in [-0.3, -0.25) is 4.79 Å². The quantitative estimate of drug-likeness (QED) is 0.632. The number of hydrogen-bond acceptors (Lipinski definition) is 3. The second kappa shape index (κ2) is 8.52. The lowest BCUT2D eigenvalue weighted by molar-refractivity contribution is -0.118. The number of aryl methyl sites for hydroxylation is 2. The van der Waals surface area contributed by atoms with Crippen molar-refractivity contribution in [3.63, 3.8) is 0 Å². The molecule has 136 valence electrons. The molecular formula is C21H25N3O2. The van der Waals surface area contributed by atoms with Crippen molar-refractivity contribution in [1.82, 2.24) is 14.9 Å². The standard InChI is InChI=1S/C21H25N3O2/c1-16-7-5-8-18(15-16)26-14-6-13-24-20-10-4-3-9-19(20)23-21(24)11-12-22-17(2)25/h3-5,7-10,15H,6,11-14H2,1-2H3,(H,22,25). The first-order valence-corrected chi connectivity index (χ1v) is 9.01. The van der Waals surface area contributed by atoms with E-state index < -0.39 is 0 Å². The summed E-state index contributed by atoms with van der Waals surface area (Å²) in [6.07, 6.45) is 1.61. The molecule has 1 aromatic heterocycles. The predicted molar refractivity (Wildman–Crippen MR) is 103 cm³/mol. The van der Waals surface area contributed by atoms with Gasteiger partial charge in [0.2, 0.25) is 5.91 Å². The molecule has 3 aromatic rings.